The molecule has 22 heavy (non-hydrogen) atoms. The van der Waals surface area contributed by atoms with Crippen molar-refractivity contribution in [1.82, 2.24) is 4.90 Å². The summed E-state index contributed by atoms with van der Waals surface area (Å²) >= 11 is 0. The van der Waals surface area contributed by atoms with Gasteiger partial charge in [0.2, 0.25) is 5.91 Å². The molecule has 4 heteroatoms. The standard InChI is InChI=1S/C18H20N2O.ClH/c1-13(17(19)14-7-3-2-4-8-14)18(21)20-11-15-9-5-6-10-16(15)12-20;/h2-10,13,17H,11-12,19H2,1H3;1H. The lowest BCUT2D eigenvalue weighted by Gasteiger charge is -2.25. The number of carbonyl (C=O) groups is 1. The first kappa shape index (κ1) is 16.5. The van der Waals surface area contributed by atoms with Crippen LogP contribution in [-0.4, -0.2) is 10.8 Å². The monoisotopic (exact) mass is 316 g/mol. The zero-order chi connectivity index (χ0) is 14.8. The molecule has 0 fully saturated rings. The predicted octanol–water partition coefficient (Wildman–Crippen LogP) is 3.29. The maximum absolute atomic E-state index is 12.7. The second kappa shape index (κ2) is 6.95. The minimum Gasteiger partial charge on any atom is -0.334 e. The van der Waals surface area contributed by atoms with Crippen LogP contribution < -0.4 is 5.73 Å². The van der Waals surface area contributed by atoms with E-state index in [0.717, 1.165) is 5.56 Å². The Morgan fingerprint density at radius 3 is 2.05 bits per heavy atom. The Bertz CT molecular complexity index is 620. The number of nitrogens with two attached hydrogens (primary N) is 1. The number of fused-ring (bicyclic) bond motifs is 1. The molecule has 0 spiro atoms. The minimum absolute atomic E-state index is 0. The summed E-state index contributed by atoms with van der Waals surface area (Å²) in [5, 5.41) is 0. The number of amides is 1. The third kappa shape index (κ3) is 3.16. The van der Waals surface area contributed by atoms with Crippen LogP contribution in [0.1, 0.15) is 29.7 Å². The lowest BCUT2D eigenvalue weighted by Crippen LogP contribution is -2.36. The fraction of sp³-hybridized carbons (Fsp3) is 0.278. The van der Waals surface area contributed by atoms with Crippen LogP contribution in [0.4, 0.5) is 0 Å². The van der Waals surface area contributed by atoms with Gasteiger partial charge in [-0.25, -0.2) is 0 Å². The molecule has 0 bridgehead atoms. The topological polar surface area (TPSA) is 46.3 Å². The number of nitrogens with zero attached hydrogens (tertiary/aromatic N) is 1. The lowest BCUT2D eigenvalue weighted by atomic mass is 9.94. The summed E-state index contributed by atoms with van der Waals surface area (Å²) in [6.07, 6.45) is 0. The summed E-state index contributed by atoms with van der Waals surface area (Å²) in [5.74, 6) is -0.0933. The fourth-order valence-corrected chi connectivity index (χ4v) is 2.89. The van der Waals surface area contributed by atoms with Gasteiger partial charge in [-0.15, -0.1) is 12.4 Å². The number of hydrogen-bond acceptors (Lipinski definition) is 2. The number of benzene rings is 2. The van der Waals surface area contributed by atoms with E-state index in [4.69, 9.17) is 5.73 Å². The highest BCUT2D eigenvalue weighted by Gasteiger charge is 2.30. The lowest BCUT2D eigenvalue weighted by molar-refractivity contribution is -0.136. The van der Waals surface area contributed by atoms with Gasteiger partial charge in [0.05, 0.1) is 5.92 Å². The maximum Gasteiger partial charge on any atom is 0.227 e. The average Bonchev–Trinajstić information content (AvgIpc) is 2.97. The van der Waals surface area contributed by atoms with Crippen LogP contribution in [0.2, 0.25) is 0 Å². The van der Waals surface area contributed by atoms with Crippen molar-refractivity contribution in [3.05, 3.63) is 71.3 Å². The van der Waals surface area contributed by atoms with Crippen molar-refractivity contribution in [1.29, 1.82) is 0 Å². The van der Waals surface area contributed by atoms with E-state index < -0.39 is 0 Å². The molecule has 1 aliphatic heterocycles. The Balaban J connectivity index is 0.00000176. The molecule has 2 N–H and O–H groups in total. The van der Waals surface area contributed by atoms with Crippen LogP contribution in [0.5, 0.6) is 0 Å². The predicted molar refractivity (Wildman–Crippen MR) is 90.5 cm³/mol. The van der Waals surface area contributed by atoms with Gasteiger partial charge in [-0.05, 0) is 16.7 Å². The Morgan fingerprint density at radius 1 is 1.00 bits per heavy atom. The van der Waals surface area contributed by atoms with Crippen LogP contribution in [0, 0.1) is 5.92 Å². The van der Waals surface area contributed by atoms with Gasteiger partial charge >= 0.3 is 0 Å². The molecule has 0 aromatic heterocycles. The number of rotatable bonds is 3. The van der Waals surface area contributed by atoms with Gasteiger partial charge in [0, 0.05) is 19.1 Å². The minimum atomic E-state index is -0.262. The quantitative estimate of drug-likeness (QED) is 0.944. The van der Waals surface area contributed by atoms with Crippen LogP contribution >= 0.6 is 12.4 Å². The third-order valence-electron chi connectivity index (χ3n) is 4.27. The SMILES string of the molecule is CC(C(=O)N1Cc2ccccc2C1)C(N)c1ccccc1.Cl. The third-order valence-corrected chi connectivity index (χ3v) is 4.27. The second-order valence-electron chi connectivity index (χ2n) is 5.69. The van der Waals surface area contributed by atoms with Gasteiger partial charge in [-0.3, -0.25) is 4.79 Å². The zero-order valence-electron chi connectivity index (χ0n) is 12.6. The smallest absolute Gasteiger partial charge is 0.227 e. The van der Waals surface area contributed by atoms with E-state index in [2.05, 4.69) is 12.1 Å². The summed E-state index contributed by atoms with van der Waals surface area (Å²) in [4.78, 5) is 14.6. The van der Waals surface area contributed by atoms with Crippen LogP contribution in [0.25, 0.3) is 0 Å². The molecule has 0 aliphatic carbocycles. The Morgan fingerprint density at radius 2 is 1.50 bits per heavy atom. The van der Waals surface area contributed by atoms with Crippen molar-refractivity contribution < 1.29 is 4.79 Å². The molecule has 0 saturated carbocycles. The Labute approximate surface area is 137 Å². The van der Waals surface area contributed by atoms with Gasteiger partial charge in [0.15, 0.2) is 0 Å². The number of halogens is 1. The summed E-state index contributed by atoms with van der Waals surface area (Å²) in [5.41, 5.74) is 9.76. The highest BCUT2D eigenvalue weighted by Crippen LogP contribution is 2.27. The van der Waals surface area contributed by atoms with Gasteiger partial charge < -0.3 is 10.6 Å². The first-order valence-corrected chi connectivity index (χ1v) is 7.33. The molecule has 0 saturated heterocycles. The molecule has 0 radical (unpaired) electrons. The molecule has 2 unspecified atom stereocenters. The molecular weight excluding hydrogens is 296 g/mol. The van der Waals surface area contributed by atoms with Gasteiger partial charge in [-0.2, -0.15) is 0 Å². The van der Waals surface area contributed by atoms with Gasteiger partial charge in [0.25, 0.3) is 0 Å². The van der Waals surface area contributed by atoms with E-state index in [0.29, 0.717) is 13.1 Å². The molecule has 1 amide bonds. The highest BCUT2D eigenvalue weighted by molar-refractivity contribution is 5.85. The first-order chi connectivity index (χ1) is 10.2. The second-order valence-corrected chi connectivity index (χ2v) is 5.69. The molecule has 2 aromatic carbocycles. The maximum atomic E-state index is 12.7. The van der Waals surface area contributed by atoms with E-state index in [-0.39, 0.29) is 30.3 Å². The van der Waals surface area contributed by atoms with Crippen molar-refractivity contribution in [3.8, 4) is 0 Å². The van der Waals surface area contributed by atoms with E-state index in [1.165, 1.54) is 11.1 Å². The summed E-state index contributed by atoms with van der Waals surface area (Å²) in [6.45, 7) is 3.31. The summed E-state index contributed by atoms with van der Waals surface area (Å²) < 4.78 is 0. The number of carbonyl (C=O) groups excluding carboxylic acids is 1. The molecule has 2 aromatic rings. The molecule has 116 valence electrons. The van der Waals surface area contributed by atoms with E-state index in [9.17, 15) is 4.79 Å². The molecule has 1 heterocycles. The Hall–Kier alpha value is -1.84. The largest absolute Gasteiger partial charge is 0.334 e. The molecular formula is C18H21ClN2O. The fourth-order valence-electron chi connectivity index (χ4n) is 2.89. The molecule has 3 rings (SSSR count). The normalized spacial score (nSPS) is 15.6. The number of hydrogen-bond donors (Lipinski definition) is 1. The van der Waals surface area contributed by atoms with Crippen molar-refractivity contribution in [3.63, 3.8) is 0 Å². The first-order valence-electron chi connectivity index (χ1n) is 7.33. The summed E-state index contributed by atoms with van der Waals surface area (Å²) in [7, 11) is 0. The van der Waals surface area contributed by atoms with E-state index in [1.54, 1.807) is 0 Å². The van der Waals surface area contributed by atoms with Crippen LogP contribution in [0.15, 0.2) is 54.6 Å². The zero-order valence-corrected chi connectivity index (χ0v) is 13.4. The molecule has 3 nitrogen and oxygen atoms in total. The highest BCUT2D eigenvalue weighted by atomic mass is 35.5. The van der Waals surface area contributed by atoms with Gasteiger partial charge in [0.1, 0.15) is 0 Å². The summed E-state index contributed by atoms with van der Waals surface area (Å²) in [6, 6.07) is 17.8. The van der Waals surface area contributed by atoms with Crippen molar-refractivity contribution >= 4 is 18.3 Å². The molecule has 2 atom stereocenters. The van der Waals surface area contributed by atoms with Crippen molar-refractivity contribution in [2.75, 3.05) is 0 Å². The van der Waals surface area contributed by atoms with Crippen molar-refractivity contribution in [2.45, 2.75) is 26.1 Å². The van der Waals surface area contributed by atoms with Crippen molar-refractivity contribution in [2.24, 2.45) is 11.7 Å². The van der Waals surface area contributed by atoms with Crippen LogP contribution in [-0.2, 0) is 17.9 Å². The van der Waals surface area contributed by atoms with E-state index >= 15 is 0 Å². The Kier molecular flexibility index (Phi) is 5.22. The van der Waals surface area contributed by atoms with E-state index in [1.807, 2.05) is 54.3 Å². The average molecular weight is 317 g/mol. The van der Waals surface area contributed by atoms with Crippen LogP contribution in [0.3, 0.4) is 0 Å². The van der Waals surface area contributed by atoms with Gasteiger partial charge in [-0.1, -0.05) is 61.5 Å². The molecule has 1 aliphatic rings.